The molecule has 1 aliphatic rings. The molecule has 0 bridgehead atoms. The van der Waals surface area contributed by atoms with E-state index in [0.29, 0.717) is 6.04 Å². The van der Waals surface area contributed by atoms with E-state index in [2.05, 4.69) is 45.0 Å². The predicted octanol–water partition coefficient (Wildman–Crippen LogP) is 2.89. The van der Waals surface area contributed by atoms with Gasteiger partial charge in [-0.3, -0.25) is 4.90 Å². The summed E-state index contributed by atoms with van der Waals surface area (Å²) < 4.78 is 5.49. The Morgan fingerprint density at radius 2 is 2.12 bits per heavy atom. The Labute approximate surface area is 144 Å². The molecule has 1 fully saturated rings. The molecule has 1 unspecified atom stereocenters. The summed E-state index contributed by atoms with van der Waals surface area (Å²) in [6.45, 7) is 5.10. The summed E-state index contributed by atoms with van der Waals surface area (Å²) in [5.74, 6) is 1.98. The van der Waals surface area contributed by atoms with Crippen LogP contribution in [0.4, 0.5) is 5.82 Å². The van der Waals surface area contributed by atoms with Gasteiger partial charge < -0.3 is 9.64 Å². The smallest absolute Gasteiger partial charge is 0.132 e. The number of aromatic nitrogens is 2. The molecular formula is C19H26N4O. The lowest BCUT2D eigenvalue weighted by atomic mass is 10.0. The number of anilines is 1. The number of ether oxygens (including phenoxy) is 1. The fraction of sp³-hybridized carbons (Fsp3) is 0.474. The molecule has 5 nitrogen and oxygen atoms in total. The van der Waals surface area contributed by atoms with Crippen LogP contribution >= 0.6 is 0 Å². The minimum absolute atomic E-state index is 0.475. The van der Waals surface area contributed by atoms with Gasteiger partial charge in [-0.2, -0.15) is 0 Å². The second-order valence-corrected chi connectivity index (χ2v) is 6.47. The van der Waals surface area contributed by atoms with Crippen molar-refractivity contribution >= 4 is 5.82 Å². The molecule has 2 heterocycles. The van der Waals surface area contributed by atoms with E-state index in [4.69, 9.17) is 4.74 Å². The second-order valence-electron chi connectivity index (χ2n) is 6.47. The molecule has 1 saturated heterocycles. The zero-order valence-electron chi connectivity index (χ0n) is 14.8. The number of benzene rings is 1. The molecular weight excluding hydrogens is 300 g/mol. The number of likely N-dealkylation sites (N-methyl/N-ethyl adjacent to an activating group) is 1. The Balaban J connectivity index is 1.68. The van der Waals surface area contributed by atoms with E-state index in [1.54, 1.807) is 13.4 Å². The molecule has 24 heavy (non-hydrogen) atoms. The Morgan fingerprint density at radius 1 is 1.29 bits per heavy atom. The van der Waals surface area contributed by atoms with E-state index in [0.717, 1.165) is 36.9 Å². The predicted molar refractivity (Wildman–Crippen MR) is 96.5 cm³/mol. The largest absolute Gasteiger partial charge is 0.496 e. The lowest BCUT2D eigenvalue weighted by Crippen LogP contribution is -2.46. The summed E-state index contributed by atoms with van der Waals surface area (Å²) in [5, 5.41) is 0. The molecule has 0 spiro atoms. The third-order valence-electron chi connectivity index (χ3n) is 4.77. The van der Waals surface area contributed by atoms with Gasteiger partial charge in [-0.25, -0.2) is 9.97 Å². The van der Waals surface area contributed by atoms with Crippen LogP contribution in [-0.2, 0) is 6.54 Å². The number of aryl methyl sites for hydroxylation is 1. The van der Waals surface area contributed by atoms with Crippen LogP contribution in [0.2, 0.25) is 0 Å². The first-order valence-electron chi connectivity index (χ1n) is 8.53. The van der Waals surface area contributed by atoms with E-state index < -0.39 is 0 Å². The zero-order valence-corrected chi connectivity index (χ0v) is 14.8. The van der Waals surface area contributed by atoms with Crippen LogP contribution in [0, 0.1) is 6.92 Å². The van der Waals surface area contributed by atoms with Gasteiger partial charge in [0.1, 0.15) is 17.9 Å². The highest BCUT2D eigenvalue weighted by atomic mass is 16.5. The van der Waals surface area contributed by atoms with Gasteiger partial charge in [-0.1, -0.05) is 18.2 Å². The van der Waals surface area contributed by atoms with Crippen molar-refractivity contribution in [1.82, 2.24) is 14.9 Å². The molecule has 1 atom stereocenters. The number of nitrogens with zero attached hydrogens (tertiary/aromatic N) is 4. The molecule has 1 aliphatic heterocycles. The van der Waals surface area contributed by atoms with E-state index >= 15 is 0 Å². The number of hydrogen-bond donors (Lipinski definition) is 0. The average Bonchev–Trinajstić information content (AvgIpc) is 2.62. The fourth-order valence-electron chi connectivity index (χ4n) is 3.39. The maximum atomic E-state index is 5.49. The van der Waals surface area contributed by atoms with Gasteiger partial charge in [0.05, 0.1) is 7.11 Å². The van der Waals surface area contributed by atoms with Crippen molar-refractivity contribution < 1.29 is 4.74 Å². The third-order valence-corrected chi connectivity index (χ3v) is 4.77. The minimum Gasteiger partial charge on any atom is -0.496 e. The number of piperidine rings is 1. The number of methoxy groups -OCH3 is 1. The summed E-state index contributed by atoms with van der Waals surface area (Å²) in [6.07, 6.45) is 4.05. The highest BCUT2D eigenvalue weighted by molar-refractivity contribution is 5.39. The highest BCUT2D eigenvalue weighted by Crippen LogP contribution is 2.24. The van der Waals surface area contributed by atoms with Crippen molar-refractivity contribution in [2.75, 3.05) is 32.1 Å². The third kappa shape index (κ3) is 3.85. The molecule has 1 aromatic heterocycles. The van der Waals surface area contributed by atoms with Crippen LogP contribution in [0.25, 0.3) is 0 Å². The van der Waals surface area contributed by atoms with Crippen molar-refractivity contribution in [1.29, 1.82) is 0 Å². The van der Waals surface area contributed by atoms with Gasteiger partial charge in [0.25, 0.3) is 0 Å². The second kappa shape index (κ2) is 7.62. The molecule has 0 N–H and O–H groups in total. The van der Waals surface area contributed by atoms with Gasteiger partial charge in [0, 0.05) is 43.5 Å². The monoisotopic (exact) mass is 326 g/mol. The summed E-state index contributed by atoms with van der Waals surface area (Å²) in [5.41, 5.74) is 2.26. The number of rotatable bonds is 5. The Bertz CT molecular complexity index is 676. The van der Waals surface area contributed by atoms with E-state index in [1.807, 2.05) is 19.1 Å². The Morgan fingerprint density at radius 3 is 2.92 bits per heavy atom. The molecule has 1 aromatic carbocycles. The maximum absolute atomic E-state index is 5.49. The number of para-hydroxylation sites is 1. The molecule has 0 aliphatic carbocycles. The summed E-state index contributed by atoms with van der Waals surface area (Å²) in [6, 6.07) is 10.8. The summed E-state index contributed by atoms with van der Waals surface area (Å²) >= 11 is 0. The molecule has 0 saturated carbocycles. The number of hydrogen-bond acceptors (Lipinski definition) is 5. The standard InChI is InChI=1S/C19H26N4O/c1-15-11-19(21-14-20-15)22(2)17-8-6-10-23(13-17)12-16-7-4-5-9-18(16)24-3/h4-5,7,9,11,14,17H,6,8,10,12-13H2,1-3H3. The van der Waals surface area contributed by atoms with Gasteiger partial charge in [0.15, 0.2) is 0 Å². The van der Waals surface area contributed by atoms with E-state index in [1.165, 1.54) is 18.4 Å². The Kier molecular flexibility index (Phi) is 5.30. The molecule has 0 amide bonds. The van der Waals surface area contributed by atoms with Crippen molar-refractivity contribution in [3.63, 3.8) is 0 Å². The molecule has 2 aromatic rings. The summed E-state index contributed by atoms with van der Waals surface area (Å²) in [7, 11) is 3.88. The van der Waals surface area contributed by atoms with Crippen LogP contribution in [0.1, 0.15) is 24.1 Å². The van der Waals surface area contributed by atoms with Crippen LogP contribution in [0.3, 0.4) is 0 Å². The van der Waals surface area contributed by atoms with Crippen LogP contribution in [-0.4, -0.2) is 48.2 Å². The fourth-order valence-corrected chi connectivity index (χ4v) is 3.39. The van der Waals surface area contributed by atoms with Gasteiger partial charge in [-0.15, -0.1) is 0 Å². The van der Waals surface area contributed by atoms with Gasteiger partial charge in [-0.05, 0) is 32.4 Å². The lowest BCUT2D eigenvalue weighted by molar-refractivity contribution is 0.196. The minimum atomic E-state index is 0.475. The SMILES string of the molecule is COc1ccccc1CN1CCCC(N(C)c2cc(C)ncn2)C1. The quantitative estimate of drug-likeness (QED) is 0.845. The first kappa shape index (κ1) is 16.7. The maximum Gasteiger partial charge on any atom is 0.132 e. The topological polar surface area (TPSA) is 41.5 Å². The van der Waals surface area contributed by atoms with Crippen molar-refractivity contribution in [2.45, 2.75) is 32.4 Å². The van der Waals surface area contributed by atoms with Gasteiger partial charge >= 0.3 is 0 Å². The normalized spacial score (nSPS) is 18.4. The van der Waals surface area contributed by atoms with E-state index in [-0.39, 0.29) is 0 Å². The molecule has 5 heteroatoms. The van der Waals surface area contributed by atoms with Crippen molar-refractivity contribution in [2.24, 2.45) is 0 Å². The molecule has 3 rings (SSSR count). The average molecular weight is 326 g/mol. The van der Waals surface area contributed by atoms with E-state index in [9.17, 15) is 0 Å². The van der Waals surface area contributed by atoms with Crippen LogP contribution in [0.5, 0.6) is 5.75 Å². The first-order chi connectivity index (χ1) is 11.7. The van der Waals surface area contributed by atoms with Crippen LogP contribution < -0.4 is 9.64 Å². The lowest BCUT2D eigenvalue weighted by Gasteiger charge is -2.38. The van der Waals surface area contributed by atoms with Crippen molar-refractivity contribution in [3.05, 3.63) is 47.9 Å². The van der Waals surface area contributed by atoms with Gasteiger partial charge in [0.2, 0.25) is 0 Å². The zero-order chi connectivity index (χ0) is 16.9. The highest BCUT2D eigenvalue weighted by Gasteiger charge is 2.24. The van der Waals surface area contributed by atoms with Crippen LogP contribution in [0.15, 0.2) is 36.7 Å². The molecule has 0 radical (unpaired) electrons. The first-order valence-corrected chi connectivity index (χ1v) is 8.53. The Hall–Kier alpha value is -2.14. The molecule has 128 valence electrons. The number of likely N-dealkylation sites (tertiary alicyclic amines) is 1. The summed E-state index contributed by atoms with van der Waals surface area (Å²) in [4.78, 5) is 13.4. The van der Waals surface area contributed by atoms with Crippen molar-refractivity contribution in [3.8, 4) is 5.75 Å².